The van der Waals surface area contributed by atoms with Gasteiger partial charge in [0.1, 0.15) is 0 Å². The van der Waals surface area contributed by atoms with E-state index in [1.807, 2.05) is 19.9 Å². The van der Waals surface area contributed by atoms with E-state index in [1.165, 1.54) is 0 Å². The maximum Gasteiger partial charge on any atom is 0.158 e. The summed E-state index contributed by atoms with van der Waals surface area (Å²) in [5.74, 6) is -0.990. The Morgan fingerprint density at radius 1 is 1.50 bits per heavy atom. The third-order valence-electron chi connectivity index (χ3n) is 2.74. The fourth-order valence-electron chi connectivity index (χ4n) is 1.88. The molecular weight excluding hydrogens is 379 g/mol. The molecule has 0 spiro atoms. The number of hydrogen-bond donors (Lipinski definition) is 0. The van der Waals surface area contributed by atoms with Gasteiger partial charge < -0.3 is 19.4 Å². The molecule has 1 aliphatic rings. The molecule has 1 radical (unpaired) electrons. The second-order valence-corrected chi connectivity index (χ2v) is 4.99. The van der Waals surface area contributed by atoms with Gasteiger partial charge >= 0.3 is 0 Å². The molecule has 2 unspecified atom stereocenters. The van der Waals surface area contributed by atoms with E-state index in [2.05, 4.69) is 13.5 Å². The Balaban J connectivity index is 0. The molecule has 0 amide bonds. The van der Waals surface area contributed by atoms with Crippen molar-refractivity contribution in [1.82, 2.24) is 0 Å². The molecule has 0 aromatic carbocycles. The first-order chi connectivity index (χ1) is 9.70. The van der Waals surface area contributed by atoms with Crippen LogP contribution in [0.1, 0.15) is 40.0 Å². The first-order valence-electron chi connectivity index (χ1n) is 6.87. The smallest absolute Gasteiger partial charge is 0.158 e. The van der Waals surface area contributed by atoms with Crippen LogP contribution in [0.2, 0.25) is 0 Å². The molecule has 0 saturated carbocycles. The number of ether oxygens (including phenoxy) is 2. The van der Waals surface area contributed by atoms with Gasteiger partial charge in [0.05, 0.1) is 5.60 Å². The van der Waals surface area contributed by atoms with Crippen molar-refractivity contribution in [1.29, 1.82) is 0 Å². The van der Waals surface area contributed by atoms with Gasteiger partial charge in [-0.1, -0.05) is 5.57 Å². The number of allylic oxidation sites excluding steroid dienone is 2. The average molecular weight is 403 g/mol. The Bertz CT molecular complexity index is 401. The van der Waals surface area contributed by atoms with E-state index >= 15 is 0 Å². The summed E-state index contributed by atoms with van der Waals surface area (Å²) in [5, 5.41) is 8.89. The zero-order chi connectivity index (χ0) is 16.5. The van der Waals surface area contributed by atoms with Crippen molar-refractivity contribution in [2.75, 3.05) is 6.61 Å². The van der Waals surface area contributed by atoms with Gasteiger partial charge in [-0.05, 0) is 45.8 Å². The molecule has 22 heavy (non-hydrogen) atoms. The summed E-state index contributed by atoms with van der Waals surface area (Å²) in [6.45, 7) is 13.0. The summed E-state index contributed by atoms with van der Waals surface area (Å²) in [5.41, 5.74) is 0.523. The molecule has 1 rings (SSSR count). The van der Waals surface area contributed by atoms with Crippen molar-refractivity contribution in [3.8, 4) is 0 Å². The standard InChI is InChI=1S/C14H21O3.C2H4O2.Pd/c1-5-16-12(4)17-14(8-6-11(2)3)9-7-13(15)10-14;1-2(3)4;/h7,9,12H,2,4-6,8,10H2,1,3H3;1H3,(H,3,4);/p-1. The van der Waals surface area contributed by atoms with Gasteiger partial charge in [-0.15, -0.1) is 6.58 Å². The molecule has 0 heterocycles. The van der Waals surface area contributed by atoms with Crippen LogP contribution in [0.4, 0.5) is 0 Å². The predicted octanol–water partition coefficient (Wildman–Crippen LogP) is 1.58. The van der Waals surface area contributed by atoms with Crippen LogP contribution in [0, 0.1) is 6.92 Å². The van der Waals surface area contributed by atoms with Crippen LogP contribution in [0.3, 0.4) is 0 Å². The number of carboxylic acid groups (broad SMARTS) is 1. The quantitative estimate of drug-likeness (QED) is 0.367. The van der Waals surface area contributed by atoms with Gasteiger partial charge in [0.2, 0.25) is 0 Å². The third kappa shape index (κ3) is 10.9. The zero-order valence-corrected chi connectivity index (χ0v) is 14.9. The molecule has 0 aromatic heterocycles. The first-order valence-corrected chi connectivity index (χ1v) is 6.87. The largest absolute Gasteiger partial charge is 0.550 e. The molecule has 129 valence electrons. The van der Waals surface area contributed by atoms with E-state index in [4.69, 9.17) is 19.4 Å². The van der Waals surface area contributed by atoms with Crippen molar-refractivity contribution < 1.29 is 44.6 Å². The van der Waals surface area contributed by atoms with Crippen molar-refractivity contribution in [3.05, 3.63) is 31.2 Å². The number of aliphatic carboxylic acids is 1. The molecule has 0 bridgehead atoms. The van der Waals surface area contributed by atoms with E-state index in [0.717, 1.165) is 25.3 Å². The Morgan fingerprint density at radius 3 is 2.41 bits per heavy atom. The van der Waals surface area contributed by atoms with Crippen LogP contribution in [0.25, 0.3) is 0 Å². The van der Waals surface area contributed by atoms with Crippen LogP contribution in [-0.2, 0) is 39.5 Å². The summed E-state index contributed by atoms with van der Waals surface area (Å²) < 4.78 is 11.0. The SMILES string of the molecule is CC(=O)[O-].[CH2]C(OCC)OC1(CCC(=C)C)C=CC(=O)C1.[Pd]. The molecule has 0 N–H and O–H groups in total. The van der Waals surface area contributed by atoms with Gasteiger partial charge in [-0.25, -0.2) is 0 Å². The average Bonchev–Trinajstić information content (AvgIpc) is 2.68. The number of carbonyl (C=O) groups excluding carboxylic acids is 2. The minimum atomic E-state index is -1.08. The van der Waals surface area contributed by atoms with Gasteiger partial charge in [-0.2, -0.15) is 0 Å². The minimum absolute atomic E-state index is 0. The number of hydrogen-bond acceptors (Lipinski definition) is 5. The van der Waals surface area contributed by atoms with Crippen LogP contribution < -0.4 is 5.11 Å². The van der Waals surface area contributed by atoms with Gasteiger partial charge in [-0.3, -0.25) is 4.79 Å². The topological polar surface area (TPSA) is 75.7 Å². The zero-order valence-electron chi connectivity index (χ0n) is 13.3. The second kappa shape index (κ2) is 11.7. The van der Waals surface area contributed by atoms with E-state index in [9.17, 15) is 4.79 Å². The second-order valence-electron chi connectivity index (χ2n) is 4.99. The van der Waals surface area contributed by atoms with Crippen LogP contribution in [0.15, 0.2) is 24.3 Å². The normalized spacial score (nSPS) is 20.6. The van der Waals surface area contributed by atoms with Crippen LogP contribution in [0.5, 0.6) is 0 Å². The maximum atomic E-state index is 11.4. The molecule has 5 nitrogen and oxygen atoms in total. The molecule has 6 heteroatoms. The van der Waals surface area contributed by atoms with E-state index in [0.29, 0.717) is 13.0 Å². The monoisotopic (exact) mass is 402 g/mol. The summed E-state index contributed by atoms with van der Waals surface area (Å²) in [7, 11) is 0. The molecule has 0 saturated heterocycles. The predicted molar refractivity (Wildman–Crippen MR) is 78.1 cm³/mol. The Hall–Kier alpha value is -0.798. The number of carboxylic acids is 1. The maximum absolute atomic E-state index is 11.4. The third-order valence-corrected chi connectivity index (χ3v) is 2.74. The Morgan fingerprint density at radius 2 is 2.05 bits per heavy atom. The fourth-order valence-corrected chi connectivity index (χ4v) is 1.88. The van der Waals surface area contributed by atoms with E-state index in [1.54, 1.807) is 6.08 Å². The Kier molecular flexibility index (Phi) is 12.5. The van der Waals surface area contributed by atoms with E-state index < -0.39 is 17.9 Å². The molecule has 0 aromatic rings. The molecule has 2 atom stereocenters. The van der Waals surface area contributed by atoms with Crippen molar-refractivity contribution in [3.63, 3.8) is 0 Å². The number of carbonyl (C=O) groups is 2. The Labute approximate surface area is 146 Å². The van der Waals surface area contributed by atoms with Gasteiger partial charge in [0.25, 0.3) is 0 Å². The molecule has 1 aliphatic carbocycles. The van der Waals surface area contributed by atoms with Crippen molar-refractivity contribution in [2.24, 2.45) is 0 Å². The van der Waals surface area contributed by atoms with Crippen molar-refractivity contribution >= 4 is 11.8 Å². The first kappa shape index (κ1) is 23.5. The van der Waals surface area contributed by atoms with Crippen molar-refractivity contribution in [2.45, 2.75) is 51.9 Å². The molecular formula is C16H24O5Pd-. The molecule has 0 fully saturated rings. The van der Waals surface area contributed by atoms with Gasteiger partial charge in [0, 0.05) is 46.3 Å². The minimum Gasteiger partial charge on any atom is -0.550 e. The van der Waals surface area contributed by atoms with E-state index in [-0.39, 0.29) is 26.2 Å². The van der Waals surface area contributed by atoms with Gasteiger partial charge in [0.15, 0.2) is 12.1 Å². The summed E-state index contributed by atoms with van der Waals surface area (Å²) in [6, 6.07) is 0. The van der Waals surface area contributed by atoms with Crippen LogP contribution >= 0.6 is 0 Å². The number of ketones is 1. The summed E-state index contributed by atoms with van der Waals surface area (Å²) in [4.78, 5) is 20.3. The fraction of sp³-hybridized carbons (Fsp3) is 0.562. The summed E-state index contributed by atoms with van der Waals surface area (Å²) in [6.07, 6.45) is 4.81. The summed E-state index contributed by atoms with van der Waals surface area (Å²) >= 11 is 0. The molecule has 0 aliphatic heterocycles. The number of rotatable bonds is 7. The van der Waals surface area contributed by atoms with Crippen LogP contribution in [-0.4, -0.2) is 30.3 Å².